The van der Waals surface area contributed by atoms with Gasteiger partial charge in [0.1, 0.15) is 5.82 Å². The van der Waals surface area contributed by atoms with Gasteiger partial charge in [0.15, 0.2) is 0 Å². The number of amides is 1. The average Bonchev–Trinajstić information content (AvgIpc) is 3.30. The van der Waals surface area contributed by atoms with E-state index in [1.165, 1.54) is 5.56 Å². The number of ether oxygens (including phenoxy) is 1. The van der Waals surface area contributed by atoms with Crippen molar-refractivity contribution in [3.05, 3.63) is 70.2 Å². The topological polar surface area (TPSA) is 70.2 Å². The first kappa shape index (κ1) is 24.6. The first-order chi connectivity index (χ1) is 17.4. The van der Waals surface area contributed by atoms with E-state index in [4.69, 9.17) is 9.72 Å². The molecule has 1 amide bonds. The molecule has 0 spiro atoms. The lowest BCUT2D eigenvalue weighted by molar-refractivity contribution is 0.0712. The van der Waals surface area contributed by atoms with Crippen molar-refractivity contribution < 1.29 is 9.53 Å². The molecule has 2 saturated heterocycles. The molecule has 3 heterocycles. The Hall–Kier alpha value is -3.12. The summed E-state index contributed by atoms with van der Waals surface area (Å²) in [6.07, 6.45) is 3.99. The van der Waals surface area contributed by atoms with Crippen LogP contribution in [0.5, 0.6) is 0 Å². The lowest BCUT2D eigenvalue weighted by Crippen LogP contribution is -2.38. The Labute approximate surface area is 214 Å². The minimum absolute atomic E-state index is 0.138. The van der Waals surface area contributed by atoms with Crippen molar-refractivity contribution >= 4 is 11.6 Å². The zero-order chi connectivity index (χ0) is 25.2. The highest BCUT2D eigenvalue weighted by Gasteiger charge is 2.27. The quantitative estimate of drug-likeness (QED) is 0.467. The van der Waals surface area contributed by atoms with Crippen LogP contribution in [0.1, 0.15) is 76.1 Å². The zero-order valence-corrected chi connectivity index (χ0v) is 22.0. The molecule has 2 N–H and O–H groups in total. The summed E-state index contributed by atoms with van der Waals surface area (Å²) in [5.74, 6) is 2.10. The molecule has 2 aromatic carbocycles. The van der Waals surface area contributed by atoms with Gasteiger partial charge in [-0.25, -0.2) is 4.98 Å². The van der Waals surface area contributed by atoms with Crippen molar-refractivity contribution in [2.45, 2.75) is 58.3 Å². The highest BCUT2D eigenvalue weighted by atomic mass is 16.5. The standard InChI is InChI=1S/C30H38N4O2/c1-19-17-20(2)27(18-26(19)28-21(3)32-29(33-28)24-11-15-36-16-12-24)30(35)34-13-9-23(10-14-34)22-5-7-25(31-4)8-6-22/h5-8,17-18,23-24,31H,9-16H2,1-4H3,(H,32,33). The number of piperidine rings is 1. The minimum atomic E-state index is 0.138. The maximum Gasteiger partial charge on any atom is 0.254 e. The molecule has 0 aliphatic carbocycles. The van der Waals surface area contributed by atoms with E-state index in [2.05, 4.69) is 60.5 Å². The summed E-state index contributed by atoms with van der Waals surface area (Å²) in [4.78, 5) is 24.2. The number of rotatable bonds is 5. The highest BCUT2D eigenvalue weighted by Crippen LogP contribution is 2.34. The number of imidazole rings is 1. The predicted molar refractivity (Wildman–Crippen MR) is 145 cm³/mol. The van der Waals surface area contributed by atoms with E-state index in [1.807, 2.05) is 18.9 Å². The summed E-state index contributed by atoms with van der Waals surface area (Å²) >= 11 is 0. The smallest absolute Gasteiger partial charge is 0.254 e. The van der Waals surface area contributed by atoms with Crippen molar-refractivity contribution in [3.8, 4) is 11.3 Å². The molecule has 1 aromatic heterocycles. The van der Waals surface area contributed by atoms with Gasteiger partial charge in [-0.3, -0.25) is 4.79 Å². The lowest BCUT2D eigenvalue weighted by atomic mass is 9.88. The van der Waals surface area contributed by atoms with Crippen LogP contribution < -0.4 is 5.32 Å². The Morgan fingerprint density at radius 3 is 2.33 bits per heavy atom. The molecule has 5 rings (SSSR count). The summed E-state index contributed by atoms with van der Waals surface area (Å²) in [5, 5.41) is 3.18. The molecular formula is C30H38N4O2. The van der Waals surface area contributed by atoms with Gasteiger partial charge in [0.25, 0.3) is 5.91 Å². The van der Waals surface area contributed by atoms with Crippen molar-refractivity contribution in [1.29, 1.82) is 0 Å². The van der Waals surface area contributed by atoms with Gasteiger partial charge in [-0.2, -0.15) is 0 Å². The molecule has 6 heteroatoms. The van der Waals surface area contributed by atoms with Crippen molar-refractivity contribution in [2.24, 2.45) is 0 Å². The Kier molecular flexibility index (Phi) is 7.15. The van der Waals surface area contributed by atoms with Crippen molar-refractivity contribution in [3.63, 3.8) is 0 Å². The molecule has 0 bridgehead atoms. The van der Waals surface area contributed by atoms with E-state index >= 15 is 0 Å². The largest absolute Gasteiger partial charge is 0.388 e. The van der Waals surface area contributed by atoms with Gasteiger partial charge in [-0.1, -0.05) is 18.2 Å². The van der Waals surface area contributed by atoms with Crippen LogP contribution in [0.2, 0.25) is 0 Å². The molecule has 0 saturated carbocycles. The van der Waals surface area contributed by atoms with Gasteiger partial charge < -0.3 is 19.9 Å². The number of anilines is 1. The van der Waals surface area contributed by atoms with Crippen LogP contribution in [0.15, 0.2) is 36.4 Å². The third-order valence-corrected chi connectivity index (χ3v) is 8.04. The summed E-state index contributed by atoms with van der Waals surface area (Å²) in [6.45, 7) is 9.39. The molecule has 0 unspecified atom stereocenters. The van der Waals surface area contributed by atoms with E-state index in [0.717, 1.165) is 97.1 Å². The Bertz CT molecular complexity index is 1220. The van der Waals surface area contributed by atoms with Crippen molar-refractivity contribution in [1.82, 2.24) is 14.9 Å². The second-order valence-corrected chi connectivity index (χ2v) is 10.4. The molecular weight excluding hydrogens is 448 g/mol. The number of aromatic amines is 1. The first-order valence-electron chi connectivity index (χ1n) is 13.3. The van der Waals surface area contributed by atoms with Crippen LogP contribution in [0.3, 0.4) is 0 Å². The number of benzene rings is 2. The Morgan fingerprint density at radius 2 is 1.67 bits per heavy atom. The zero-order valence-electron chi connectivity index (χ0n) is 22.0. The van der Waals surface area contributed by atoms with Gasteiger partial charge in [0, 0.05) is 56.1 Å². The minimum Gasteiger partial charge on any atom is -0.388 e. The summed E-state index contributed by atoms with van der Waals surface area (Å²) in [6, 6.07) is 12.9. The molecule has 36 heavy (non-hydrogen) atoms. The van der Waals surface area contributed by atoms with E-state index in [1.54, 1.807) is 0 Å². The molecule has 0 atom stereocenters. The van der Waals surface area contributed by atoms with Crippen molar-refractivity contribution in [2.75, 3.05) is 38.7 Å². The monoisotopic (exact) mass is 486 g/mol. The molecule has 6 nitrogen and oxygen atoms in total. The molecule has 190 valence electrons. The molecule has 2 fully saturated rings. The number of nitrogens with one attached hydrogen (secondary N) is 2. The number of hydrogen-bond donors (Lipinski definition) is 2. The highest BCUT2D eigenvalue weighted by molar-refractivity contribution is 5.97. The van der Waals surface area contributed by atoms with Crippen LogP contribution in [0.25, 0.3) is 11.3 Å². The maximum atomic E-state index is 13.7. The fraction of sp³-hybridized carbons (Fsp3) is 0.467. The third kappa shape index (κ3) is 4.92. The second kappa shape index (κ2) is 10.5. The Balaban J connectivity index is 1.33. The van der Waals surface area contributed by atoms with E-state index in [9.17, 15) is 4.79 Å². The number of carbonyl (C=O) groups excluding carboxylic acids is 1. The lowest BCUT2D eigenvalue weighted by Gasteiger charge is -2.33. The number of carbonyl (C=O) groups is 1. The fourth-order valence-corrected chi connectivity index (χ4v) is 5.77. The summed E-state index contributed by atoms with van der Waals surface area (Å²) in [7, 11) is 1.94. The number of aryl methyl sites for hydroxylation is 3. The fourth-order valence-electron chi connectivity index (χ4n) is 5.77. The van der Waals surface area contributed by atoms with Crippen LogP contribution >= 0.6 is 0 Å². The van der Waals surface area contributed by atoms with Gasteiger partial charge in [0.2, 0.25) is 0 Å². The second-order valence-electron chi connectivity index (χ2n) is 10.4. The summed E-state index contributed by atoms with van der Waals surface area (Å²) in [5.41, 5.74) is 8.60. The van der Waals surface area contributed by atoms with Crippen LogP contribution in [-0.2, 0) is 4.74 Å². The van der Waals surface area contributed by atoms with Gasteiger partial charge in [-0.05, 0) is 87.3 Å². The van der Waals surface area contributed by atoms with Crippen LogP contribution in [-0.4, -0.2) is 54.1 Å². The average molecular weight is 487 g/mol. The van der Waals surface area contributed by atoms with E-state index < -0.39 is 0 Å². The van der Waals surface area contributed by atoms with Crippen LogP contribution in [0.4, 0.5) is 5.69 Å². The van der Waals surface area contributed by atoms with Gasteiger partial charge >= 0.3 is 0 Å². The van der Waals surface area contributed by atoms with Gasteiger partial charge in [0.05, 0.1) is 11.4 Å². The van der Waals surface area contributed by atoms with Gasteiger partial charge in [-0.15, -0.1) is 0 Å². The van der Waals surface area contributed by atoms with Crippen LogP contribution in [0, 0.1) is 20.8 Å². The number of aromatic nitrogens is 2. The summed E-state index contributed by atoms with van der Waals surface area (Å²) < 4.78 is 5.53. The van der Waals surface area contributed by atoms with E-state index in [-0.39, 0.29) is 5.91 Å². The normalized spacial score (nSPS) is 17.4. The SMILES string of the molecule is CNc1ccc(C2CCN(C(=O)c3cc(-c4[nH]c(C5CCOCC5)nc4C)c(C)cc3C)CC2)cc1. The number of likely N-dealkylation sites (tertiary alicyclic amines) is 1. The molecule has 2 aliphatic rings. The number of nitrogens with zero attached hydrogens (tertiary/aromatic N) is 2. The molecule has 0 radical (unpaired) electrons. The van der Waals surface area contributed by atoms with E-state index in [0.29, 0.717) is 11.8 Å². The first-order valence-corrected chi connectivity index (χ1v) is 13.3. The predicted octanol–water partition coefficient (Wildman–Crippen LogP) is 5.96. The molecule has 3 aromatic rings. The third-order valence-electron chi connectivity index (χ3n) is 8.04. The maximum absolute atomic E-state index is 13.7. The number of H-pyrrole nitrogens is 1. The Morgan fingerprint density at radius 1 is 0.972 bits per heavy atom. The number of hydrogen-bond acceptors (Lipinski definition) is 4. The molecule has 2 aliphatic heterocycles.